The molecule has 2 rings (SSSR count). The number of hydrogen-bond acceptors (Lipinski definition) is 2. The molecule has 0 radical (unpaired) electrons. The molecule has 1 aliphatic rings. The lowest BCUT2D eigenvalue weighted by Crippen LogP contribution is -2.54. The SMILES string of the molecule is CCNC1C(S(=O)c2ccc(F)c(F)c2)CCCC1(C)C. The van der Waals surface area contributed by atoms with Crippen LogP contribution in [-0.4, -0.2) is 22.0 Å². The zero-order valence-electron chi connectivity index (χ0n) is 12.8. The molecular formula is C16H23F2NOS. The molecule has 0 spiro atoms. The molecule has 0 saturated heterocycles. The van der Waals surface area contributed by atoms with Crippen molar-refractivity contribution in [3.63, 3.8) is 0 Å². The van der Waals surface area contributed by atoms with Crippen LogP contribution < -0.4 is 5.32 Å². The van der Waals surface area contributed by atoms with Gasteiger partial charge in [0, 0.05) is 10.9 Å². The number of halogens is 2. The van der Waals surface area contributed by atoms with E-state index in [1.807, 2.05) is 6.92 Å². The van der Waals surface area contributed by atoms with Crippen molar-refractivity contribution < 1.29 is 13.0 Å². The van der Waals surface area contributed by atoms with Crippen LogP contribution in [-0.2, 0) is 10.8 Å². The van der Waals surface area contributed by atoms with Crippen LogP contribution in [0.1, 0.15) is 40.0 Å². The molecule has 3 unspecified atom stereocenters. The van der Waals surface area contributed by atoms with E-state index in [4.69, 9.17) is 0 Å². The van der Waals surface area contributed by atoms with Crippen molar-refractivity contribution >= 4 is 10.8 Å². The van der Waals surface area contributed by atoms with Crippen molar-refractivity contribution in [2.45, 2.75) is 56.2 Å². The fraction of sp³-hybridized carbons (Fsp3) is 0.625. The Morgan fingerprint density at radius 2 is 2.05 bits per heavy atom. The van der Waals surface area contributed by atoms with Gasteiger partial charge in [0.1, 0.15) is 0 Å². The van der Waals surface area contributed by atoms with Crippen molar-refractivity contribution in [1.82, 2.24) is 5.32 Å². The van der Waals surface area contributed by atoms with Gasteiger partial charge in [-0.05, 0) is 43.0 Å². The van der Waals surface area contributed by atoms with Crippen LogP contribution in [0.2, 0.25) is 0 Å². The highest BCUT2D eigenvalue weighted by atomic mass is 32.2. The molecular weight excluding hydrogens is 292 g/mol. The first-order valence-electron chi connectivity index (χ1n) is 7.46. The lowest BCUT2D eigenvalue weighted by molar-refractivity contribution is 0.174. The van der Waals surface area contributed by atoms with Gasteiger partial charge in [-0.3, -0.25) is 4.21 Å². The minimum atomic E-state index is -1.34. The summed E-state index contributed by atoms with van der Waals surface area (Å²) in [5.41, 5.74) is 0.0488. The molecule has 1 aliphatic carbocycles. The molecule has 0 aromatic heterocycles. The van der Waals surface area contributed by atoms with Crippen molar-refractivity contribution in [3.8, 4) is 0 Å². The lowest BCUT2D eigenvalue weighted by Gasteiger charge is -2.44. The average Bonchev–Trinajstić information content (AvgIpc) is 2.43. The van der Waals surface area contributed by atoms with Crippen LogP contribution in [0.15, 0.2) is 23.1 Å². The number of benzene rings is 1. The van der Waals surface area contributed by atoms with Crippen molar-refractivity contribution in [3.05, 3.63) is 29.8 Å². The quantitative estimate of drug-likeness (QED) is 0.919. The predicted octanol–water partition coefficient (Wildman–Crippen LogP) is 3.63. The summed E-state index contributed by atoms with van der Waals surface area (Å²) < 4.78 is 39.2. The summed E-state index contributed by atoms with van der Waals surface area (Å²) in [6.45, 7) is 7.19. The van der Waals surface area contributed by atoms with E-state index in [0.29, 0.717) is 4.90 Å². The van der Waals surface area contributed by atoms with Gasteiger partial charge in [0.05, 0.1) is 16.0 Å². The molecule has 118 valence electrons. The Hall–Kier alpha value is -0.810. The number of hydrogen-bond donors (Lipinski definition) is 1. The molecule has 1 aromatic carbocycles. The molecule has 0 bridgehead atoms. The zero-order valence-corrected chi connectivity index (χ0v) is 13.6. The standard InChI is InChI=1S/C16H23F2NOS/c1-4-19-15-14(6-5-9-16(15,2)3)21(20)11-7-8-12(17)13(18)10-11/h7-8,10,14-15,19H,4-6,9H2,1-3H3. The van der Waals surface area contributed by atoms with E-state index in [2.05, 4.69) is 19.2 Å². The number of rotatable bonds is 4. The maximum absolute atomic E-state index is 13.4. The molecule has 0 amide bonds. The minimum absolute atomic E-state index is 0.0488. The smallest absolute Gasteiger partial charge is 0.160 e. The Morgan fingerprint density at radius 1 is 1.33 bits per heavy atom. The van der Waals surface area contributed by atoms with E-state index in [1.54, 1.807) is 0 Å². The third-order valence-corrected chi connectivity index (χ3v) is 6.12. The van der Waals surface area contributed by atoms with E-state index >= 15 is 0 Å². The maximum atomic E-state index is 13.4. The molecule has 2 nitrogen and oxygen atoms in total. The highest BCUT2D eigenvalue weighted by Crippen LogP contribution is 2.39. The molecule has 1 fully saturated rings. The van der Waals surface area contributed by atoms with Crippen molar-refractivity contribution in [1.29, 1.82) is 0 Å². The van der Waals surface area contributed by atoms with Crippen LogP contribution in [0.25, 0.3) is 0 Å². The van der Waals surface area contributed by atoms with Gasteiger partial charge in [-0.15, -0.1) is 0 Å². The third-order valence-electron chi connectivity index (χ3n) is 4.35. The molecule has 1 saturated carbocycles. The molecule has 0 heterocycles. The second kappa shape index (κ2) is 6.53. The Bertz CT molecular complexity index is 533. The molecule has 1 N–H and O–H groups in total. The van der Waals surface area contributed by atoms with Crippen molar-refractivity contribution in [2.75, 3.05) is 6.54 Å². The minimum Gasteiger partial charge on any atom is -0.313 e. The normalized spacial score (nSPS) is 26.5. The van der Waals surface area contributed by atoms with Gasteiger partial charge in [0.2, 0.25) is 0 Å². The topological polar surface area (TPSA) is 29.1 Å². The maximum Gasteiger partial charge on any atom is 0.160 e. The summed E-state index contributed by atoms with van der Waals surface area (Å²) in [4.78, 5) is 0.375. The van der Waals surface area contributed by atoms with E-state index in [1.165, 1.54) is 6.07 Å². The van der Waals surface area contributed by atoms with Crippen LogP contribution in [0.3, 0.4) is 0 Å². The molecule has 0 aliphatic heterocycles. The van der Waals surface area contributed by atoms with Gasteiger partial charge in [0.15, 0.2) is 11.6 Å². The van der Waals surface area contributed by atoms with Crippen molar-refractivity contribution in [2.24, 2.45) is 5.41 Å². The van der Waals surface area contributed by atoms with E-state index in [-0.39, 0.29) is 16.7 Å². The monoisotopic (exact) mass is 315 g/mol. The van der Waals surface area contributed by atoms with Gasteiger partial charge in [-0.2, -0.15) is 0 Å². The summed E-state index contributed by atoms with van der Waals surface area (Å²) in [5, 5.41) is 3.37. The summed E-state index contributed by atoms with van der Waals surface area (Å²) in [6.07, 6.45) is 2.93. The van der Waals surface area contributed by atoms with E-state index in [9.17, 15) is 13.0 Å². The average molecular weight is 315 g/mol. The summed E-state index contributed by atoms with van der Waals surface area (Å²) in [7, 11) is -1.34. The predicted molar refractivity (Wildman–Crippen MR) is 81.7 cm³/mol. The summed E-state index contributed by atoms with van der Waals surface area (Å²) in [5.74, 6) is -1.83. The lowest BCUT2D eigenvalue weighted by atomic mass is 9.73. The Labute approximate surface area is 127 Å². The van der Waals surface area contributed by atoms with Gasteiger partial charge in [-0.25, -0.2) is 8.78 Å². The van der Waals surface area contributed by atoms with Gasteiger partial charge in [-0.1, -0.05) is 27.2 Å². The fourth-order valence-electron chi connectivity index (χ4n) is 3.22. The van der Waals surface area contributed by atoms with Crippen LogP contribution in [0.4, 0.5) is 8.78 Å². The molecule has 21 heavy (non-hydrogen) atoms. The van der Waals surface area contributed by atoms with Gasteiger partial charge >= 0.3 is 0 Å². The summed E-state index contributed by atoms with van der Waals surface area (Å²) >= 11 is 0. The van der Waals surface area contributed by atoms with Gasteiger partial charge in [0.25, 0.3) is 0 Å². The Morgan fingerprint density at radius 3 is 2.67 bits per heavy atom. The molecule has 1 aromatic rings. The Kier molecular flexibility index (Phi) is 5.15. The first-order chi connectivity index (χ1) is 9.86. The Balaban J connectivity index is 2.28. The van der Waals surface area contributed by atoms with E-state index in [0.717, 1.165) is 37.9 Å². The molecule has 3 atom stereocenters. The van der Waals surface area contributed by atoms with Crippen LogP contribution in [0.5, 0.6) is 0 Å². The summed E-state index contributed by atoms with van der Waals surface area (Å²) in [6, 6.07) is 3.67. The highest BCUT2D eigenvalue weighted by molar-refractivity contribution is 7.85. The molecule has 5 heteroatoms. The fourth-order valence-corrected chi connectivity index (χ4v) is 5.08. The van der Waals surface area contributed by atoms with Gasteiger partial charge < -0.3 is 5.32 Å². The van der Waals surface area contributed by atoms with E-state index < -0.39 is 22.4 Å². The second-order valence-electron chi connectivity index (χ2n) is 6.33. The van der Waals surface area contributed by atoms with Crippen LogP contribution in [0, 0.1) is 17.0 Å². The second-order valence-corrected chi connectivity index (χ2v) is 8.00. The highest BCUT2D eigenvalue weighted by Gasteiger charge is 2.41. The first kappa shape index (κ1) is 16.6. The third kappa shape index (κ3) is 3.51. The number of nitrogens with one attached hydrogen (secondary N) is 1. The first-order valence-corrected chi connectivity index (χ1v) is 8.67. The zero-order chi connectivity index (χ0) is 15.6. The largest absolute Gasteiger partial charge is 0.313 e. The van der Waals surface area contributed by atoms with Crippen LogP contribution >= 0.6 is 0 Å².